The van der Waals surface area contributed by atoms with Gasteiger partial charge in [0.2, 0.25) is 0 Å². The molecular formula is C38H36N2O4S. The van der Waals surface area contributed by atoms with Gasteiger partial charge in [-0.1, -0.05) is 97.9 Å². The second kappa shape index (κ2) is 14.7. The lowest BCUT2D eigenvalue weighted by Crippen LogP contribution is -2.38. The van der Waals surface area contributed by atoms with Gasteiger partial charge in [-0.05, 0) is 58.1 Å². The number of pyridine rings is 1. The van der Waals surface area contributed by atoms with Crippen LogP contribution in [0.1, 0.15) is 51.9 Å². The largest absolute Gasteiger partial charge is 0.392 e. The smallest absolute Gasteiger partial charge is 0.251 e. The highest BCUT2D eigenvalue weighted by Gasteiger charge is 2.38. The van der Waals surface area contributed by atoms with Crippen LogP contribution in [-0.4, -0.2) is 27.9 Å². The van der Waals surface area contributed by atoms with Crippen LogP contribution in [0, 0.1) is 5.92 Å². The van der Waals surface area contributed by atoms with Crippen molar-refractivity contribution in [1.29, 1.82) is 0 Å². The Labute approximate surface area is 268 Å². The molecule has 4 atom stereocenters. The molecule has 6 rings (SSSR count). The molecule has 0 spiro atoms. The number of carbonyl (C=O) groups is 1. The van der Waals surface area contributed by atoms with E-state index in [0.717, 1.165) is 44.2 Å². The number of aliphatic hydroxyl groups is 1. The van der Waals surface area contributed by atoms with E-state index in [1.54, 1.807) is 11.8 Å². The zero-order chi connectivity index (χ0) is 31.0. The Morgan fingerprint density at radius 2 is 1.56 bits per heavy atom. The van der Waals surface area contributed by atoms with Gasteiger partial charge in [0, 0.05) is 35.5 Å². The third-order valence-electron chi connectivity index (χ3n) is 8.09. The summed E-state index contributed by atoms with van der Waals surface area (Å²) in [5.74, 6) is 0.753. The first-order chi connectivity index (χ1) is 22.1. The molecule has 0 aliphatic carbocycles. The van der Waals surface area contributed by atoms with Gasteiger partial charge in [0.05, 0.1) is 23.8 Å². The molecule has 1 aromatic heterocycles. The molecule has 0 saturated carbocycles. The molecule has 7 heteroatoms. The van der Waals surface area contributed by atoms with E-state index in [1.807, 2.05) is 91.1 Å². The number of rotatable bonds is 10. The van der Waals surface area contributed by atoms with Gasteiger partial charge in [0.15, 0.2) is 6.29 Å². The second-order valence-corrected chi connectivity index (χ2v) is 12.2. The van der Waals surface area contributed by atoms with E-state index in [2.05, 4.69) is 53.6 Å². The number of hydrogen-bond acceptors (Lipinski definition) is 6. The van der Waals surface area contributed by atoms with Gasteiger partial charge in [0.1, 0.15) is 0 Å². The first-order valence-electron chi connectivity index (χ1n) is 15.1. The molecule has 228 valence electrons. The molecule has 1 amide bonds. The Hall–Kier alpha value is -4.27. The van der Waals surface area contributed by atoms with Crippen molar-refractivity contribution in [3.63, 3.8) is 0 Å². The van der Waals surface area contributed by atoms with Crippen LogP contribution in [0.4, 0.5) is 0 Å². The van der Waals surface area contributed by atoms with Crippen LogP contribution >= 0.6 is 11.8 Å². The average molecular weight is 617 g/mol. The monoisotopic (exact) mass is 616 g/mol. The molecule has 4 unspecified atom stereocenters. The van der Waals surface area contributed by atoms with Crippen LogP contribution in [0.3, 0.4) is 0 Å². The number of hydrogen-bond donors (Lipinski definition) is 2. The van der Waals surface area contributed by atoms with Crippen LogP contribution in [0.5, 0.6) is 0 Å². The Kier molecular flexibility index (Phi) is 10.0. The number of aliphatic hydroxyl groups excluding tert-OH is 1. The van der Waals surface area contributed by atoms with Gasteiger partial charge in [-0.3, -0.25) is 4.79 Å². The average Bonchev–Trinajstić information content (AvgIpc) is 3.11. The predicted octanol–water partition coefficient (Wildman–Crippen LogP) is 7.75. The van der Waals surface area contributed by atoms with E-state index < -0.39 is 6.29 Å². The molecule has 1 aliphatic rings. The number of aromatic nitrogens is 1. The number of carbonyl (C=O) groups excluding carboxylic acids is 1. The van der Waals surface area contributed by atoms with Gasteiger partial charge in [-0.15, -0.1) is 11.8 Å². The molecule has 2 heterocycles. The van der Waals surface area contributed by atoms with Crippen molar-refractivity contribution in [1.82, 2.24) is 10.3 Å². The number of benzene rings is 4. The zero-order valence-electron chi connectivity index (χ0n) is 25.1. The fraction of sp³-hybridized carbons (Fsp3) is 0.211. The highest BCUT2D eigenvalue weighted by Crippen LogP contribution is 2.43. The summed E-state index contributed by atoms with van der Waals surface area (Å²) in [5, 5.41) is 13.5. The molecule has 5 aromatic rings. The summed E-state index contributed by atoms with van der Waals surface area (Å²) in [6.07, 6.45) is 1.03. The van der Waals surface area contributed by atoms with E-state index in [4.69, 9.17) is 9.47 Å². The summed E-state index contributed by atoms with van der Waals surface area (Å²) in [6.45, 7) is 2.62. The Balaban J connectivity index is 1.18. The van der Waals surface area contributed by atoms with Gasteiger partial charge in [0.25, 0.3) is 5.91 Å². The number of amides is 1. The third-order valence-corrected chi connectivity index (χ3v) is 9.12. The topological polar surface area (TPSA) is 80.7 Å². The molecule has 1 saturated heterocycles. The molecule has 0 bridgehead atoms. The molecule has 6 nitrogen and oxygen atoms in total. The highest BCUT2D eigenvalue weighted by atomic mass is 32.2. The zero-order valence-corrected chi connectivity index (χ0v) is 25.9. The van der Waals surface area contributed by atoms with Crippen molar-refractivity contribution < 1.29 is 19.4 Å². The summed E-state index contributed by atoms with van der Waals surface area (Å²) in [7, 11) is 0. The number of ether oxygens (including phenoxy) is 2. The van der Waals surface area contributed by atoms with Crippen molar-refractivity contribution in [3.8, 4) is 11.1 Å². The van der Waals surface area contributed by atoms with Crippen LogP contribution in [0.15, 0.2) is 133 Å². The fourth-order valence-corrected chi connectivity index (χ4v) is 6.50. The summed E-state index contributed by atoms with van der Waals surface area (Å²) in [6, 6.07) is 39.7. The molecule has 1 fully saturated rings. The van der Waals surface area contributed by atoms with Crippen LogP contribution in [0.25, 0.3) is 11.1 Å². The fourth-order valence-electron chi connectivity index (χ4n) is 5.48. The van der Waals surface area contributed by atoms with Gasteiger partial charge >= 0.3 is 0 Å². The predicted molar refractivity (Wildman–Crippen MR) is 177 cm³/mol. The second-order valence-electron chi connectivity index (χ2n) is 11.2. The first-order valence-corrected chi connectivity index (χ1v) is 16.1. The quantitative estimate of drug-likeness (QED) is 0.156. The lowest BCUT2D eigenvalue weighted by molar-refractivity contribution is -0.268. The van der Waals surface area contributed by atoms with E-state index in [1.165, 1.54) is 0 Å². The first kappa shape index (κ1) is 30.7. The minimum Gasteiger partial charge on any atom is -0.392 e. The Morgan fingerprint density at radius 3 is 2.29 bits per heavy atom. The van der Waals surface area contributed by atoms with Crippen molar-refractivity contribution in [3.05, 3.63) is 155 Å². The summed E-state index contributed by atoms with van der Waals surface area (Å²) in [5.41, 5.74) is 6.69. The van der Waals surface area contributed by atoms with E-state index >= 15 is 0 Å². The van der Waals surface area contributed by atoms with E-state index in [-0.39, 0.29) is 30.6 Å². The van der Waals surface area contributed by atoms with Gasteiger partial charge < -0.3 is 19.9 Å². The van der Waals surface area contributed by atoms with E-state index in [9.17, 15) is 9.90 Å². The maximum atomic E-state index is 12.5. The molecule has 1 aliphatic heterocycles. The molecule has 2 N–H and O–H groups in total. The SMILES string of the molecule is CC1C(CSc2ccccn2)OC(c2ccc(-c3cccc(CNC(=O)c4ccccc4)c3)cc2)OC1c1ccc(CO)cc1. The minimum atomic E-state index is -0.536. The van der Waals surface area contributed by atoms with Gasteiger partial charge in [-0.2, -0.15) is 0 Å². The van der Waals surface area contributed by atoms with Crippen molar-refractivity contribution >= 4 is 17.7 Å². The molecule has 0 radical (unpaired) electrons. The number of nitrogens with one attached hydrogen (secondary N) is 1. The summed E-state index contributed by atoms with van der Waals surface area (Å²) < 4.78 is 13.2. The molecular weight excluding hydrogens is 580 g/mol. The Morgan fingerprint density at radius 1 is 0.800 bits per heavy atom. The van der Waals surface area contributed by atoms with Crippen LogP contribution < -0.4 is 5.32 Å². The molecule has 45 heavy (non-hydrogen) atoms. The van der Waals surface area contributed by atoms with Crippen molar-refractivity contribution in [2.75, 3.05) is 5.75 Å². The number of nitrogens with zero attached hydrogens (tertiary/aromatic N) is 1. The lowest BCUT2D eigenvalue weighted by atomic mass is 9.91. The highest BCUT2D eigenvalue weighted by molar-refractivity contribution is 7.99. The normalized spacial score (nSPS) is 19.6. The van der Waals surface area contributed by atoms with Gasteiger partial charge in [-0.25, -0.2) is 4.98 Å². The van der Waals surface area contributed by atoms with Crippen molar-refractivity contribution in [2.24, 2.45) is 5.92 Å². The van der Waals surface area contributed by atoms with Crippen molar-refractivity contribution in [2.45, 2.75) is 43.6 Å². The Bertz CT molecular complexity index is 1680. The number of thioether (sulfide) groups is 1. The maximum Gasteiger partial charge on any atom is 0.251 e. The molecule has 4 aromatic carbocycles. The van der Waals surface area contributed by atoms with Crippen LogP contribution in [-0.2, 0) is 22.6 Å². The summed E-state index contributed by atoms with van der Waals surface area (Å²) in [4.78, 5) is 17.0. The lowest BCUT2D eigenvalue weighted by Gasteiger charge is -2.41. The van der Waals surface area contributed by atoms with Crippen LogP contribution in [0.2, 0.25) is 0 Å². The summed E-state index contributed by atoms with van der Waals surface area (Å²) >= 11 is 1.69. The standard InChI is InChI=1S/C38H36N2O4S/c1-26-34(25-45-35-12-5-6-21-39-35)43-38(44-36(26)30-15-13-27(24-41)14-16-30)32-19-17-29(18-20-32)33-11-7-8-28(22-33)23-40-37(42)31-9-3-2-4-10-31/h2-22,26,34,36,38,41H,23-25H2,1H3,(H,40,42). The minimum absolute atomic E-state index is 0.00795. The third kappa shape index (κ3) is 7.70. The van der Waals surface area contributed by atoms with E-state index in [0.29, 0.717) is 12.1 Å². The maximum absolute atomic E-state index is 12.5.